The molecule has 0 aromatic heterocycles. The minimum absolute atomic E-state index is 0.00706. The molecular weight excluding hydrogens is 350 g/mol. The predicted octanol–water partition coefficient (Wildman–Crippen LogP) is 2.36. The number of amides is 1. The second-order valence-corrected chi connectivity index (χ2v) is 7.09. The van der Waals surface area contributed by atoms with E-state index in [0.29, 0.717) is 12.1 Å². The molecule has 2 aromatic rings. The van der Waals surface area contributed by atoms with Crippen molar-refractivity contribution in [1.82, 2.24) is 20.4 Å². The lowest BCUT2D eigenvalue weighted by Gasteiger charge is -2.26. The molecule has 0 fully saturated rings. The quantitative estimate of drug-likeness (QED) is 0.571. The van der Waals surface area contributed by atoms with Crippen LogP contribution in [0.25, 0.3) is 0 Å². The summed E-state index contributed by atoms with van der Waals surface area (Å²) >= 11 is 0. The molecule has 0 saturated heterocycles. The van der Waals surface area contributed by atoms with Crippen molar-refractivity contribution in [3.8, 4) is 0 Å². The third kappa shape index (κ3) is 6.09. The summed E-state index contributed by atoms with van der Waals surface area (Å²) in [5.41, 5.74) is 3.04. The lowest BCUT2D eigenvalue weighted by Crippen LogP contribution is -2.41. The van der Waals surface area contributed by atoms with Crippen molar-refractivity contribution in [2.24, 2.45) is 4.99 Å². The van der Waals surface area contributed by atoms with Crippen LogP contribution in [0.4, 0.5) is 0 Å². The highest BCUT2D eigenvalue weighted by Crippen LogP contribution is 2.16. The fourth-order valence-corrected chi connectivity index (χ4v) is 2.90. The highest BCUT2D eigenvalue weighted by Gasteiger charge is 2.14. The van der Waals surface area contributed by atoms with Crippen LogP contribution < -0.4 is 10.6 Å². The molecule has 150 valence electrons. The zero-order valence-corrected chi connectivity index (χ0v) is 17.4. The maximum Gasteiger partial charge on any atom is 0.253 e. The molecular formula is C22H31N5O. The number of carbonyl (C=O) groups excluding carboxylic acids is 1. The van der Waals surface area contributed by atoms with Crippen LogP contribution in [0.5, 0.6) is 0 Å². The second-order valence-electron chi connectivity index (χ2n) is 7.09. The van der Waals surface area contributed by atoms with Gasteiger partial charge in [-0.05, 0) is 37.4 Å². The molecule has 28 heavy (non-hydrogen) atoms. The van der Waals surface area contributed by atoms with E-state index in [-0.39, 0.29) is 11.9 Å². The minimum Gasteiger partial charge on any atom is -0.354 e. The molecule has 6 nitrogen and oxygen atoms in total. The van der Waals surface area contributed by atoms with Crippen molar-refractivity contribution in [3.63, 3.8) is 0 Å². The molecule has 0 saturated carbocycles. The number of benzene rings is 2. The van der Waals surface area contributed by atoms with Crippen molar-refractivity contribution >= 4 is 11.9 Å². The monoisotopic (exact) mass is 381 g/mol. The summed E-state index contributed by atoms with van der Waals surface area (Å²) in [5, 5.41) is 6.73. The fraction of sp³-hybridized carbons (Fsp3) is 0.364. The van der Waals surface area contributed by atoms with E-state index < -0.39 is 0 Å². The maximum absolute atomic E-state index is 12.0. The number of hydrogen-bond acceptors (Lipinski definition) is 3. The van der Waals surface area contributed by atoms with Crippen LogP contribution in [0.1, 0.15) is 27.5 Å². The van der Waals surface area contributed by atoms with Crippen LogP contribution in [0, 0.1) is 0 Å². The Morgan fingerprint density at radius 3 is 2.14 bits per heavy atom. The molecule has 0 aliphatic carbocycles. The summed E-state index contributed by atoms with van der Waals surface area (Å²) in [7, 11) is 9.42. The van der Waals surface area contributed by atoms with E-state index in [1.165, 1.54) is 5.56 Å². The van der Waals surface area contributed by atoms with Gasteiger partial charge >= 0.3 is 0 Å². The van der Waals surface area contributed by atoms with E-state index in [1.54, 1.807) is 26.0 Å². The molecule has 2 N–H and O–H groups in total. The number of carbonyl (C=O) groups is 1. The van der Waals surface area contributed by atoms with E-state index in [2.05, 4.69) is 58.9 Å². The van der Waals surface area contributed by atoms with Crippen molar-refractivity contribution in [2.75, 3.05) is 41.8 Å². The van der Waals surface area contributed by atoms with Gasteiger partial charge in [0.2, 0.25) is 0 Å². The zero-order chi connectivity index (χ0) is 20.5. The highest BCUT2D eigenvalue weighted by molar-refractivity contribution is 5.93. The van der Waals surface area contributed by atoms with Gasteiger partial charge in [0.25, 0.3) is 5.91 Å². The smallest absolute Gasteiger partial charge is 0.253 e. The number of guanidine groups is 1. The molecule has 1 amide bonds. The highest BCUT2D eigenvalue weighted by atomic mass is 16.2. The first-order valence-corrected chi connectivity index (χ1v) is 9.39. The van der Waals surface area contributed by atoms with E-state index in [1.807, 2.05) is 30.3 Å². The number of likely N-dealkylation sites (N-methyl/N-ethyl adjacent to an activating group) is 1. The van der Waals surface area contributed by atoms with E-state index in [9.17, 15) is 4.79 Å². The lowest BCUT2D eigenvalue weighted by molar-refractivity contribution is 0.0827. The summed E-state index contributed by atoms with van der Waals surface area (Å²) in [6.07, 6.45) is 0. The Hall–Kier alpha value is -2.86. The van der Waals surface area contributed by atoms with E-state index in [4.69, 9.17) is 0 Å². The third-order valence-electron chi connectivity index (χ3n) is 4.56. The van der Waals surface area contributed by atoms with Crippen LogP contribution in [0.15, 0.2) is 59.6 Å². The van der Waals surface area contributed by atoms with Crippen LogP contribution in [0.3, 0.4) is 0 Å². The third-order valence-corrected chi connectivity index (χ3v) is 4.56. The SMILES string of the molecule is CN=C(NCc1ccc(C(=O)N(C)C)cc1)NCC(c1ccccc1)N(C)C. The number of aliphatic imine (C=N–C) groups is 1. The number of hydrogen-bond donors (Lipinski definition) is 2. The van der Waals surface area contributed by atoms with Gasteiger partial charge in [-0.15, -0.1) is 0 Å². The van der Waals surface area contributed by atoms with Gasteiger partial charge in [0.15, 0.2) is 5.96 Å². The van der Waals surface area contributed by atoms with E-state index in [0.717, 1.165) is 18.1 Å². The Kier molecular flexibility index (Phi) is 8.02. The molecule has 0 spiro atoms. The zero-order valence-electron chi connectivity index (χ0n) is 17.4. The Labute approximate surface area is 168 Å². The molecule has 0 aliphatic rings. The second kappa shape index (κ2) is 10.5. The van der Waals surface area contributed by atoms with Gasteiger partial charge in [0.05, 0.1) is 6.04 Å². The largest absolute Gasteiger partial charge is 0.354 e. The summed E-state index contributed by atoms with van der Waals surface area (Å²) in [6.45, 7) is 1.38. The molecule has 0 radical (unpaired) electrons. The normalized spacial score (nSPS) is 12.6. The van der Waals surface area contributed by atoms with Gasteiger partial charge in [-0.3, -0.25) is 9.79 Å². The van der Waals surface area contributed by atoms with Gasteiger partial charge in [0, 0.05) is 39.8 Å². The Morgan fingerprint density at radius 2 is 1.61 bits per heavy atom. The molecule has 2 aromatic carbocycles. The van der Waals surface area contributed by atoms with Crippen molar-refractivity contribution in [1.29, 1.82) is 0 Å². The topological polar surface area (TPSA) is 60.0 Å². The Morgan fingerprint density at radius 1 is 0.964 bits per heavy atom. The summed E-state index contributed by atoms with van der Waals surface area (Å²) in [5.74, 6) is 0.754. The molecule has 6 heteroatoms. The molecule has 1 unspecified atom stereocenters. The van der Waals surface area contributed by atoms with Gasteiger partial charge < -0.3 is 20.4 Å². The van der Waals surface area contributed by atoms with Crippen LogP contribution >= 0.6 is 0 Å². The van der Waals surface area contributed by atoms with Crippen LogP contribution in [-0.4, -0.2) is 63.4 Å². The Bertz CT molecular complexity index is 769. The first-order valence-electron chi connectivity index (χ1n) is 9.39. The van der Waals surface area contributed by atoms with Crippen LogP contribution in [-0.2, 0) is 6.54 Å². The average molecular weight is 382 g/mol. The molecule has 1 atom stereocenters. The number of nitrogens with zero attached hydrogens (tertiary/aromatic N) is 3. The van der Waals surface area contributed by atoms with Crippen molar-refractivity contribution in [2.45, 2.75) is 12.6 Å². The minimum atomic E-state index is 0.00706. The van der Waals surface area contributed by atoms with Crippen molar-refractivity contribution < 1.29 is 4.79 Å². The molecule has 2 rings (SSSR count). The predicted molar refractivity (Wildman–Crippen MR) is 116 cm³/mol. The van der Waals surface area contributed by atoms with Crippen LogP contribution in [0.2, 0.25) is 0 Å². The fourth-order valence-electron chi connectivity index (χ4n) is 2.90. The Balaban J connectivity index is 1.91. The van der Waals surface area contributed by atoms with Gasteiger partial charge in [-0.25, -0.2) is 0 Å². The first kappa shape index (κ1) is 21.4. The summed E-state index contributed by atoms with van der Waals surface area (Å²) < 4.78 is 0. The first-order chi connectivity index (χ1) is 13.4. The molecule has 0 aliphatic heterocycles. The molecule has 0 heterocycles. The average Bonchev–Trinajstić information content (AvgIpc) is 2.70. The number of rotatable bonds is 7. The maximum atomic E-state index is 12.0. The van der Waals surface area contributed by atoms with Crippen molar-refractivity contribution in [3.05, 3.63) is 71.3 Å². The van der Waals surface area contributed by atoms with E-state index >= 15 is 0 Å². The lowest BCUT2D eigenvalue weighted by atomic mass is 10.1. The van der Waals surface area contributed by atoms with Gasteiger partial charge in [-0.2, -0.15) is 0 Å². The summed E-state index contributed by atoms with van der Waals surface area (Å²) in [4.78, 5) is 20.0. The van der Waals surface area contributed by atoms with Gasteiger partial charge in [0.1, 0.15) is 0 Å². The number of nitrogens with one attached hydrogen (secondary N) is 2. The molecule has 0 bridgehead atoms. The summed E-state index contributed by atoms with van der Waals surface area (Å²) in [6, 6.07) is 18.3. The standard InChI is InChI=1S/C22H31N5O/c1-23-22(25-16-20(26(2)3)18-9-7-6-8-10-18)24-15-17-11-13-19(14-12-17)21(28)27(4)5/h6-14,20H,15-16H2,1-5H3,(H2,23,24,25). The van der Waals surface area contributed by atoms with Gasteiger partial charge in [-0.1, -0.05) is 42.5 Å².